The number of carbonyl (C=O) groups is 2. The Hall–Kier alpha value is -0.540. The highest BCUT2D eigenvalue weighted by molar-refractivity contribution is 14.1. The van der Waals surface area contributed by atoms with Crippen LogP contribution in [0.5, 0.6) is 0 Å². The van der Waals surface area contributed by atoms with Gasteiger partial charge in [0.2, 0.25) is 0 Å². The van der Waals surface area contributed by atoms with Crippen LogP contribution in [0.3, 0.4) is 0 Å². The molecule has 0 fully saturated rings. The molecule has 0 saturated carbocycles. The van der Waals surface area contributed by atoms with Gasteiger partial charge in [-0.1, -0.05) is 61.6 Å². The van der Waals surface area contributed by atoms with Gasteiger partial charge in [0.15, 0.2) is 0 Å². The molecule has 0 amide bonds. The van der Waals surface area contributed by atoms with E-state index >= 15 is 0 Å². The van der Waals surface area contributed by atoms with Crippen molar-refractivity contribution in [3.63, 3.8) is 0 Å². The Bertz CT molecular complexity index is 335. The Morgan fingerprint density at radius 2 is 1.68 bits per heavy atom. The molecule has 0 heterocycles. The van der Waals surface area contributed by atoms with Gasteiger partial charge in [0.1, 0.15) is 6.10 Å². The van der Waals surface area contributed by atoms with Gasteiger partial charge in [0, 0.05) is 4.43 Å². The quantitative estimate of drug-likeness (QED) is 0.210. The predicted octanol–water partition coefficient (Wildman–Crippen LogP) is 4.19. The normalized spacial score (nSPS) is 12.8. The number of hydrogen-bond acceptors (Lipinski definition) is 4. The summed E-state index contributed by atoms with van der Waals surface area (Å²) >= 11 is 1.76. The summed E-state index contributed by atoms with van der Waals surface area (Å²) in [6, 6.07) is 0. The second-order valence-electron chi connectivity index (χ2n) is 4.87. The van der Waals surface area contributed by atoms with Crippen LogP contribution in [-0.4, -0.2) is 35.3 Å². The van der Waals surface area contributed by atoms with Crippen molar-refractivity contribution < 1.29 is 32.2 Å². The summed E-state index contributed by atoms with van der Waals surface area (Å²) < 4.78 is 45.5. The van der Waals surface area contributed by atoms with Crippen LogP contribution >= 0.6 is 22.6 Å². The molecule has 0 aromatic carbocycles. The van der Waals surface area contributed by atoms with Gasteiger partial charge in [0.25, 0.3) is 0 Å². The van der Waals surface area contributed by atoms with Crippen molar-refractivity contribution in [1.29, 1.82) is 0 Å². The van der Waals surface area contributed by atoms with Gasteiger partial charge < -0.3 is 9.47 Å². The molecular weight excluding hydrogens is 416 g/mol. The second-order valence-corrected chi connectivity index (χ2v) is 5.75. The molecule has 0 rings (SSSR count). The van der Waals surface area contributed by atoms with E-state index in [0.29, 0.717) is 0 Å². The summed E-state index contributed by atoms with van der Waals surface area (Å²) in [4.78, 5) is 22.2. The summed E-state index contributed by atoms with van der Waals surface area (Å²) in [6.07, 6.45) is -0.289. The van der Waals surface area contributed by atoms with Crippen molar-refractivity contribution in [3.05, 3.63) is 0 Å². The maximum absolute atomic E-state index is 12.1. The van der Waals surface area contributed by atoms with Crippen molar-refractivity contribution >= 4 is 34.5 Å². The van der Waals surface area contributed by atoms with Crippen molar-refractivity contribution in [2.75, 3.05) is 11.0 Å². The summed E-state index contributed by atoms with van der Waals surface area (Å²) in [6.45, 7) is 2.36. The number of unbranched alkanes of at least 4 members (excludes halogenated alkanes) is 5. The third kappa shape index (κ3) is 11.1. The average molecular weight is 438 g/mol. The molecule has 0 aromatic rings. The number of ether oxygens (including phenoxy) is 2. The molecule has 22 heavy (non-hydrogen) atoms. The highest BCUT2D eigenvalue weighted by Gasteiger charge is 2.42. The molecule has 1 unspecified atom stereocenters. The Morgan fingerprint density at radius 1 is 1.09 bits per heavy atom. The second kappa shape index (κ2) is 12.0. The van der Waals surface area contributed by atoms with Gasteiger partial charge in [-0.05, 0) is 6.42 Å². The number of esters is 2. The number of rotatable bonds is 11. The Labute approximate surface area is 142 Å². The molecule has 8 heteroatoms. The van der Waals surface area contributed by atoms with Crippen molar-refractivity contribution in [1.82, 2.24) is 0 Å². The molecule has 0 aliphatic carbocycles. The van der Waals surface area contributed by atoms with E-state index in [1.165, 1.54) is 6.42 Å². The summed E-state index contributed by atoms with van der Waals surface area (Å²) in [5, 5.41) is 0. The van der Waals surface area contributed by atoms with Crippen LogP contribution in [-0.2, 0) is 19.1 Å². The van der Waals surface area contributed by atoms with Crippen molar-refractivity contribution in [2.45, 2.75) is 64.1 Å². The van der Waals surface area contributed by atoms with Crippen LogP contribution in [0.2, 0.25) is 0 Å². The SMILES string of the molecule is CCCCCCCCOC(=O)CC(CI)OC(=O)C(F)(F)F. The third-order valence-corrected chi connectivity index (χ3v) is 3.81. The average Bonchev–Trinajstić information content (AvgIpc) is 2.44. The Kier molecular flexibility index (Phi) is 11.7. The topological polar surface area (TPSA) is 52.6 Å². The molecule has 0 aromatic heterocycles. The summed E-state index contributed by atoms with van der Waals surface area (Å²) in [5.74, 6) is -2.93. The molecule has 1 atom stereocenters. The van der Waals surface area contributed by atoms with Crippen molar-refractivity contribution in [2.24, 2.45) is 0 Å². The van der Waals surface area contributed by atoms with E-state index in [-0.39, 0.29) is 17.5 Å². The monoisotopic (exact) mass is 438 g/mol. The van der Waals surface area contributed by atoms with Gasteiger partial charge in [-0.25, -0.2) is 4.79 Å². The molecule has 0 bridgehead atoms. The van der Waals surface area contributed by atoms with Crippen LogP contribution in [0.25, 0.3) is 0 Å². The fourth-order valence-corrected chi connectivity index (χ4v) is 2.15. The molecule has 0 N–H and O–H groups in total. The van der Waals surface area contributed by atoms with E-state index in [2.05, 4.69) is 11.7 Å². The molecule has 0 saturated heterocycles. The van der Waals surface area contributed by atoms with Gasteiger partial charge in [-0.15, -0.1) is 0 Å². The summed E-state index contributed by atoms with van der Waals surface area (Å²) in [7, 11) is 0. The minimum atomic E-state index is -5.05. The predicted molar refractivity (Wildman–Crippen MR) is 83.8 cm³/mol. The van der Waals surface area contributed by atoms with Gasteiger partial charge in [-0.3, -0.25) is 4.79 Å². The van der Waals surface area contributed by atoms with E-state index in [0.717, 1.165) is 32.1 Å². The van der Waals surface area contributed by atoms with Crippen molar-refractivity contribution in [3.8, 4) is 0 Å². The molecule has 0 aliphatic rings. The fourth-order valence-electron chi connectivity index (χ4n) is 1.66. The third-order valence-electron chi connectivity index (χ3n) is 2.83. The molecular formula is C14H22F3IO4. The smallest absolute Gasteiger partial charge is 0.466 e. The van der Waals surface area contributed by atoms with E-state index in [1.807, 2.05) is 0 Å². The summed E-state index contributed by atoms with van der Waals surface area (Å²) in [5.41, 5.74) is 0. The van der Waals surface area contributed by atoms with E-state index in [1.54, 1.807) is 22.6 Å². The lowest BCUT2D eigenvalue weighted by molar-refractivity contribution is -0.204. The van der Waals surface area contributed by atoms with E-state index in [9.17, 15) is 22.8 Å². The number of hydrogen-bond donors (Lipinski definition) is 0. The van der Waals surface area contributed by atoms with Crippen LogP contribution in [0.15, 0.2) is 0 Å². The largest absolute Gasteiger partial charge is 0.490 e. The van der Waals surface area contributed by atoms with Gasteiger partial charge in [0.05, 0.1) is 13.0 Å². The first-order chi connectivity index (χ1) is 10.3. The van der Waals surface area contributed by atoms with Crippen LogP contribution in [0, 0.1) is 0 Å². The molecule has 130 valence electrons. The number of halogens is 4. The van der Waals surface area contributed by atoms with E-state index < -0.39 is 24.2 Å². The lowest BCUT2D eigenvalue weighted by Gasteiger charge is -2.15. The van der Waals surface area contributed by atoms with Gasteiger partial charge in [-0.2, -0.15) is 13.2 Å². The maximum Gasteiger partial charge on any atom is 0.490 e. The zero-order valence-corrected chi connectivity index (χ0v) is 14.7. The fraction of sp³-hybridized carbons (Fsp3) is 0.857. The molecule has 4 nitrogen and oxygen atoms in total. The first-order valence-corrected chi connectivity index (χ1v) is 8.83. The lowest BCUT2D eigenvalue weighted by atomic mass is 10.1. The zero-order chi connectivity index (χ0) is 17.0. The van der Waals surface area contributed by atoms with Crippen LogP contribution < -0.4 is 0 Å². The molecule has 0 radical (unpaired) electrons. The standard InChI is InChI=1S/C14H22F3IO4/c1-2-3-4-5-6-7-8-21-12(19)9-11(10-18)22-13(20)14(15,16)17/h11H,2-10H2,1H3. The lowest BCUT2D eigenvalue weighted by Crippen LogP contribution is -2.32. The Morgan fingerprint density at radius 3 is 2.23 bits per heavy atom. The van der Waals surface area contributed by atoms with Crippen LogP contribution in [0.1, 0.15) is 51.9 Å². The number of carbonyl (C=O) groups excluding carboxylic acids is 2. The van der Waals surface area contributed by atoms with E-state index in [4.69, 9.17) is 4.74 Å². The molecule has 0 spiro atoms. The van der Waals surface area contributed by atoms with Gasteiger partial charge >= 0.3 is 18.1 Å². The first kappa shape index (κ1) is 21.5. The number of alkyl halides is 4. The molecule has 0 aliphatic heterocycles. The minimum Gasteiger partial charge on any atom is -0.466 e. The minimum absolute atomic E-state index is 0.0890. The Balaban J connectivity index is 3.85. The maximum atomic E-state index is 12.1. The van der Waals surface area contributed by atoms with Crippen LogP contribution in [0.4, 0.5) is 13.2 Å². The zero-order valence-electron chi connectivity index (χ0n) is 12.6. The first-order valence-electron chi connectivity index (χ1n) is 7.30. The highest BCUT2D eigenvalue weighted by atomic mass is 127. The highest BCUT2D eigenvalue weighted by Crippen LogP contribution is 2.19.